The summed E-state index contributed by atoms with van der Waals surface area (Å²) in [6.07, 6.45) is 1.45. The quantitative estimate of drug-likeness (QED) is 0.519. The molecule has 5 heteroatoms. The Balaban J connectivity index is 2.14. The molecule has 168 valence electrons. The number of nitrogens with zero attached hydrogens (tertiary/aromatic N) is 1. The fourth-order valence-electron chi connectivity index (χ4n) is 3.36. The van der Waals surface area contributed by atoms with Gasteiger partial charge in [-0.25, -0.2) is 0 Å². The molecule has 2 amide bonds. The van der Waals surface area contributed by atoms with Crippen molar-refractivity contribution in [3.05, 3.63) is 70.8 Å². The van der Waals surface area contributed by atoms with E-state index in [1.54, 1.807) is 16.7 Å². The second-order valence-corrected chi connectivity index (χ2v) is 9.15. The van der Waals surface area contributed by atoms with Crippen LogP contribution in [0.1, 0.15) is 55.9 Å². The van der Waals surface area contributed by atoms with Gasteiger partial charge in [0.25, 0.3) is 0 Å². The number of aryl methyl sites for hydroxylation is 2. The van der Waals surface area contributed by atoms with Crippen LogP contribution in [0, 0.1) is 13.8 Å². The van der Waals surface area contributed by atoms with E-state index < -0.39 is 6.04 Å². The van der Waals surface area contributed by atoms with Gasteiger partial charge >= 0.3 is 0 Å². The van der Waals surface area contributed by atoms with Gasteiger partial charge in [0.1, 0.15) is 6.04 Å². The molecule has 0 fully saturated rings. The van der Waals surface area contributed by atoms with Crippen LogP contribution in [0.15, 0.2) is 48.5 Å². The Hall–Kier alpha value is -2.27. The SMILES string of the molecule is CC[C@@H](C)NC(=O)[C@@H](CC)N(Cc1ccccc1C)C(=O)CSCc1ccc(C)cc1. The number of thioether (sulfide) groups is 1. The summed E-state index contributed by atoms with van der Waals surface area (Å²) in [6, 6.07) is 16.1. The first kappa shape index (κ1) is 25.0. The predicted molar refractivity (Wildman–Crippen MR) is 131 cm³/mol. The maximum Gasteiger partial charge on any atom is 0.243 e. The van der Waals surface area contributed by atoms with Crippen molar-refractivity contribution in [3.8, 4) is 0 Å². The molecule has 2 aromatic rings. The van der Waals surface area contributed by atoms with Crippen molar-refractivity contribution in [1.82, 2.24) is 10.2 Å². The summed E-state index contributed by atoms with van der Waals surface area (Å²) in [5.74, 6) is 1.07. The third-order valence-electron chi connectivity index (χ3n) is 5.60. The molecular formula is C26H36N2O2S. The van der Waals surface area contributed by atoms with Gasteiger partial charge in [0.2, 0.25) is 11.8 Å². The van der Waals surface area contributed by atoms with Crippen LogP contribution in [0.25, 0.3) is 0 Å². The summed E-state index contributed by atoms with van der Waals surface area (Å²) >= 11 is 1.60. The summed E-state index contributed by atoms with van der Waals surface area (Å²) in [5, 5.41) is 3.06. The van der Waals surface area contributed by atoms with E-state index in [0.717, 1.165) is 23.3 Å². The lowest BCUT2D eigenvalue weighted by Crippen LogP contribution is -2.51. The Morgan fingerprint density at radius 1 is 1.00 bits per heavy atom. The van der Waals surface area contributed by atoms with E-state index in [4.69, 9.17) is 0 Å². The van der Waals surface area contributed by atoms with Crippen LogP contribution in [-0.4, -0.2) is 34.6 Å². The van der Waals surface area contributed by atoms with Crippen molar-refractivity contribution in [3.63, 3.8) is 0 Å². The normalized spacial score (nSPS) is 12.8. The minimum Gasteiger partial charge on any atom is -0.352 e. The molecule has 0 unspecified atom stereocenters. The molecule has 1 N–H and O–H groups in total. The molecule has 0 bridgehead atoms. The predicted octanol–water partition coefficient (Wildman–Crippen LogP) is 5.26. The van der Waals surface area contributed by atoms with Crippen LogP contribution in [0.5, 0.6) is 0 Å². The Bertz CT molecular complexity index is 851. The second kappa shape index (κ2) is 12.6. The third-order valence-corrected chi connectivity index (χ3v) is 6.59. The van der Waals surface area contributed by atoms with Gasteiger partial charge in [0, 0.05) is 18.3 Å². The van der Waals surface area contributed by atoms with Crippen LogP contribution < -0.4 is 5.32 Å². The van der Waals surface area contributed by atoms with E-state index in [-0.39, 0.29) is 17.9 Å². The van der Waals surface area contributed by atoms with Crippen LogP contribution in [-0.2, 0) is 21.9 Å². The fraction of sp³-hybridized carbons (Fsp3) is 0.462. The molecular weight excluding hydrogens is 404 g/mol. The molecule has 2 rings (SSSR count). The molecule has 0 spiro atoms. The molecule has 4 nitrogen and oxygen atoms in total. The minimum absolute atomic E-state index is 0.00603. The topological polar surface area (TPSA) is 49.4 Å². The molecule has 0 saturated heterocycles. The highest BCUT2D eigenvalue weighted by atomic mass is 32.2. The van der Waals surface area contributed by atoms with Gasteiger partial charge < -0.3 is 10.2 Å². The Morgan fingerprint density at radius 2 is 1.68 bits per heavy atom. The summed E-state index contributed by atoms with van der Waals surface area (Å²) in [6.45, 7) is 10.6. The van der Waals surface area contributed by atoms with Crippen molar-refractivity contribution in [2.24, 2.45) is 0 Å². The van der Waals surface area contributed by atoms with Gasteiger partial charge in [0.15, 0.2) is 0 Å². The van der Waals surface area contributed by atoms with Crippen molar-refractivity contribution in [2.75, 3.05) is 5.75 Å². The first-order valence-electron chi connectivity index (χ1n) is 11.1. The molecule has 0 aliphatic rings. The smallest absolute Gasteiger partial charge is 0.243 e. The second-order valence-electron chi connectivity index (χ2n) is 8.17. The van der Waals surface area contributed by atoms with Crippen LogP contribution in [0.2, 0.25) is 0 Å². The minimum atomic E-state index is -0.471. The number of carbonyl (C=O) groups is 2. The van der Waals surface area contributed by atoms with E-state index >= 15 is 0 Å². The first-order chi connectivity index (χ1) is 14.8. The number of rotatable bonds is 11. The van der Waals surface area contributed by atoms with Crippen molar-refractivity contribution in [2.45, 2.75) is 71.8 Å². The molecule has 31 heavy (non-hydrogen) atoms. The van der Waals surface area contributed by atoms with Crippen molar-refractivity contribution < 1.29 is 9.59 Å². The Labute approximate surface area is 191 Å². The summed E-state index contributed by atoms with van der Waals surface area (Å²) in [4.78, 5) is 28.0. The average Bonchev–Trinajstić information content (AvgIpc) is 2.76. The van der Waals surface area contributed by atoms with Crippen LogP contribution >= 0.6 is 11.8 Å². The third kappa shape index (κ3) is 7.73. The van der Waals surface area contributed by atoms with E-state index in [1.165, 1.54) is 11.1 Å². The average molecular weight is 441 g/mol. The highest BCUT2D eigenvalue weighted by Gasteiger charge is 2.29. The number of carbonyl (C=O) groups excluding carboxylic acids is 2. The summed E-state index contributed by atoms with van der Waals surface area (Å²) < 4.78 is 0. The molecule has 0 radical (unpaired) electrons. The zero-order chi connectivity index (χ0) is 22.8. The van der Waals surface area contributed by atoms with E-state index in [2.05, 4.69) is 36.5 Å². The number of nitrogens with one attached hydrogen (secondary N) is 1. The van der Waals surface area contributed by atoms with Crippen LogP contribution in [0.4, 0.5) is 0 Å². The first-order valence-corrected chi connectivity index (χ1v) is 12.3. The lowest BCUT2D eigenvalue weighted by atomic mass is 10.1. The number of benzene rings is 2. The number of hydrogen-bond acceptors (Lipinski definition) is 3. The summed E-state index contributed by atoms with van der Waals surface area (Å²) in [7, 11) is 0. The molecule has 0 aliphatic heterocycles. The Morgan fingerprint density at radius 3 is 2.29 bits per heavy atom. The van der Waals surface area contributed by atoms with Gasteiger partial charge in [0.05, 0.1) is 5.75 Å². The monoisotopic (exact) mass is 440 g/mol. The lowest BCUT2D eigenvalue weighted by molar-refractivity contribution is -0.139. The van der Waals surface area contributed by atoms with Gasteiger partial charge in [-0.2, -0.15) is 0 Å². The van der Waals surface area contributed by atoms with Gasteiger partial charge in [-0.15, -0.1) is 11.8 Å². The maximum absolute atomic E-state index is 13.3. The molecule has 0 heterocycles. The van der Waals surface area contributed by atoms with Crippen molar-refractivity contribution >= 4 is 23.6 Å². The Kier molecular flexibility index (Phi) is 10.1. The van der Waals surface area contributed by atoms with Crippen molar-refractivity contribution in [1.29, 1.82) is 0 Å². The summed E-state index contributed by atoms with van der Waals surface area (Å²) in [5.41, 5.74) is 4.64. The molecule has 0 saturated carbocycles. The zero-order valence-corrected chi connectivity index (χ0v) is 20.3. The molecule has 0 aromatic heterocycles. The van der Waals surface area contributed by atoms with E-state index in [1.807, 2.05) is 52.0 Å². The van der Waals surface area contributed by atoms with Gasteiger partial charge in [-0.1, -0.05) is 67.9 Å². The lowest BCUT2D eigenvalue weighted by Gasteiger charge is -2.32. The van der Waals surface area contributed by atoms with Crippen LogP contribution in [0.3, 0.4) is 0 Å². The fourth-order valence-corrected chi connectivity index (χ4v) is 4.23. The number of hydrogen-bond donors (Lipinski definition) is 1. The molecule has 2 aromatic carbocycles. The van der Waals surface area contributed by atoms with Gasteiger partial charge in [-0.3, -0.25) is 9.59 Å². The molecule has 2 atom stereocenters. The zero-order valence-electron chi connectivity index (χ0n) is 19.5. The van der Waals surface area contributed by atoms with Gasteiger partial charge in [-0.05, 0) is 50.3 Å². The maximum atomic E-state index is 13.3. The standard InChI is InChI=1S/C26H36N2O2S/c1-6-21(5)27-26(30)24(7-2)28(16-23-11-9-8-10-20(23)4)25(29)18-31-17-22-14-12-19(3)13-15-22/h8-15,21,24H,6-7,16-18H2,1-5H3,(H,27,30)/t21-,24-/m1/s1. The van der Waals surface area contributed by atoms with E-state index in [0.29, 0.717) is 18.7 Å². The number of amides is 2. The molecule has 0 aliphatic carbocycles. The highest BCUT2D eigenvalue weighted by Crippen LogP contribution is 2.19. The highest BCUT2D eigenvalue weighted by molar-refractivity contribution is 7.99. The van der Waals surface area contributed by atoms with E-state index in [9.17, 15) is 9.59 Å². The largest absolute Gasteiger partial charge is 0.352 e.